The highest BCUT2D eigenvalue weighted by molar-refractivity contribution is 5.89. The van der Waals surface area contributed by atoms with Crippen LogP contribution in [0, 0.1) is 0 Å². The van der Waals surface area contributed by atoms with Crippen molar-refractivity contribution in [2.24, 2.45) is 0 Å². The third kappa shape index (κ3) is 3.31. The fourth-order valence-electron chi connectivity index (χ4n) is 3.32. The first-order valence-corrected chi connectivity index (χ1v) is 8.68. The maximum absolute atomic E-state index is 11.5. The summed E-state index contributed by atoms with van der Waals surface area (Å²) in [6.07, 6.45) is 2.64. The smallest absolute Gasteiger partial charge is 0.337 e. The van der Waals surface area contributed by atoms with E-state index in [4.69, 9.17) is 4.74 Å². The molecule has 0 fully saturated rings. The SMILES string of the molecule is COC(=O)c1ccc(Nc2nncc(N3c4ccccc4CC3C)n2)cc1. The molecule has 0 amide bonds. The molecule has 27 heavy (non-hydrogen) atoms. The van der Waals surface area contributed by atoms with E-state index in [0.717, 1.165) is 23.6 Å². The zero-order valence-electron chi connectivity index (χ0n) is 15.1. The summed E-state index contributed by atoms with van der Waals surface area (Å²) in [5.41, 5.74) is 3.70. The number of nitrogens with one attached hydrogen (secondary N) is 1. The lowest BCUT2D eigenvalue weighted by Gasteiger charge is -2.23. The second-order valence-corrected chi connectivity index (χ2v) is 6.38. The number of aromatic nitrogens is 3. The van der Waals surface area contributed by atoms with Crippen molar-refractivity contribution in [3.05, 3.63) is 65.9 Å². The van der Waals surface area contributed by atoms with Crippen LogP contribution in [0.3, 0.4) is 0 Å². The van der Waals surface area contributed by atoms with Gasteiger partial charge in [-0.15, -0.1) is 5.10 Å². The highest BCUT2D eigenvalue weighted by Crippen LogP contribution is 2.37. The lowest BCUT2D eigenvalue weighted by Crippen LogP contribution is -2.25. The number of ether oxygens (including phenoxy) is 1. The normalized spacial score (nSPS) is 15.3. The topological polar surface area (TPSA) is 80.2 Å². The van der Waals surface area contributed by atoms with Gasteiger partial charge in [0.05, 0.1) is 18.9 Å². The zero-order valence-corrected chi connectivity index (χ0v) is 15.1. The summed E-state index contributed by atoms with van der Waals surface area (Å²) >= 11 is 0. The van der Waals surface area contributed by atoms with Gasteiger partial charge in [0.15, 0.2) is 5.82 Å². The number of fused-ring (bicyclic) bond motifs is 1. The molecule has 7 heteroatoms. The highest BCUT2D eigenvalue weighted by atomic mass is 16.5. The summed E-state index contributed by atoms with van der Waals surface area (Å²) < 4.78 is 4.71. The van der Waals surface area contributed by atoms with Gasteiger partial charge in [-0.05, 0) is 49.2 Å². The number of para-hydroxylation sites is 1. The number of esters is 1. The molecule has 1 aromatic heterocycles. The molecule has 2 heterocycles. The van der Waals surface area contributed by atoms with Crippen molar-refractivity contribution in [2.45, 2.75) is 19.4 Å². The molecule has 1 aliphatic heterocycles. The Morgan fingerprint density at radius 2 is 1.96 bits per heavy atom. The molecule has 1 atom stereocenters. The first-order valence-electron chi connectivity index (χ1n) is 8.68. The minimum atomic E-state index is -0.372. The van der Waals surface area contributed by atoms with Gasteiger partial charge in [-0.3, -0.25) is 0 Å². The molecule has 0 radical (unpaired) electrons. The Morgan fingerprint density at radius 1 is 1.19 bits per heavy atom. The third-order valence-corrected chi connectivity index (χ3v) is 4.56. The molecule has 0 saturated carbocycles. The molecular formula is C20H19N5O2. The number of hydrogen-bond acceptors (Lipinski definition) is 7. The molecule has 4 rings (SSSR count). The molecule has 1 unspecified atom stereocenters. The van der Waals surface area contributed by atoms with Crippen LogP contribution in [0.4, 0.5) is 23.1 Å². The van der Waals surface area contributed by atoms with Crippen LogP contribution in [0.25, 0.3) is 0 Å². The second kappa shape index (κ2) is 7.03. The number of methoxy groups -OCH3 is 1. The molecule has 0 aliphatic carbocycles. The van der Waals surface area contributed by atoms with Crippen molar-refractivity contribution < 1.29 is 9.53 Å². The van der Waals surface area contributed by atoms with Crippen molar-refractivity contribution in [3.8, 4) is 0 Å². The molecule has 7 nitrogen and oxygen atoms in total. The van der Waals surface area contributed by atoms with Gasteiger partial charge in [-0.1, -0.05) is 18.2 Å². The van der Waals surface area contributed by atoms with E-state index in [0.29, 0.717) is 17.6 Å². The van der Waals surface area contributed by atoms with E-state index in [-0.39, 0.29) is 5.97 Å². The van der Waals surface area contributed by atoms with Crippen molar-refractivity contribution in [2.75, 3.05) is 17.3 Å². The number of carbonyl (C=O) groups excluding carboxylic acids is 1. The molecule has 3 aromatic rings. The summed E-state index contributed by atoms with van der Waals surface area (Å²) in [5, 5.41) is 11.3. The third-order valence-electron chi connectivity index (χ3n) is 4.56. The molecule has 1 N–H and O–H groups in total. The van der Waals surface area contributed by atoms with E-state index in [2.05, 4.69) is 50.5 Å². The van der Waals surface area contributed by atoms with Crippen LogP contribution in [0.2, 0.25) is 0 Å². The van der Waals surface area contributed by atoms with E-state index in [9.17, 15) is 4.79 Å². The van der Waals surface area contributed by atoms with Gasteiger partial charge in [0, 0.05) is 17.4 Å². The largest absolute Gasteiger partial charge is 0.465 e. The predicted octanol–water partition coefficient (Wildman–Crippen LogP) is 3.48. The van der Waals surface area contributed by atoms with Gasteiger partial charge in [0.2, 0.25) is 5.95 Å². The minimum absolute atomic E-state index is 0.297. The summed E-state index contributed by atoms with van der Waals surface area (Å²) in [5.74, 6) is 0.772. The fourth-order valence-corrected chi connectivity index (χ4v) is 3.32. The first-order chi connectivity index (χ1) is 13.2. The van der Waals surface area contributed by atoms with E-state index in [1.54, 1.807) is 30.5 Å². The van der Waals surface area contributed by atoms with Gasteiger partial charge in [-0.25, -0.2) is 4.79 Å². The van der Waals surface area contributed by atoms with Crippen LogP contribution in [0.5, 0.6) is 0 Å². The van der Waals surface area contributed by atoms with E-state index in [1.807, 2.05) is 6.07 Å². The highest BCUT2D eigenvalue weighted by Gasteiger charge is 2.28. The van der Waals surface area contributed by atoms with Crippen molar-refractivity contribution in [1.82, 2.24) is 15.2 Å². The Labute approximate surface area is 157 Å². The zero-order chi connectivity index (χ0) is 18.8. The predicted molar refractivity (Wildman–Crippen MR) is 103 cm³/mol. The lowest BCUT2D eigenvalue weighted by molar-refractivity contribution is 0.0601. The monoisotopic (exact) mass is 361 g/mol. The van der Waals surface area contributed by atoms with Crippen LogP contribution in [0.15, 0.2) is 54.7 Å². The molecule has 136 valence electrons. The Morgan fingerprint density at radius 3 is 2.74 bits per heavy atom. The molecule has 0 saturated heterocycles. The Bertz CT molecular complexity index is 974. The number of carbonyl (C=O) groups is 1. The van der Waals surface area contributed by atoms with Crippen LogP contribution >= 0.6 is 0 Å². The number of rotatable bonds is 4. The second-order valence-electron chi connectivity index (χ2n) is 6.38. The van der Waals surface area contributed by atoms with Crippen LogP contribution in [0.1, 0.15) is 22.8 Å². The van der Waals surface area contributed by atoms with E-state index < -0.39 is 0 Å². The summed E-state index contributed by atoms with van der Waals surface area (Å²) in [7, 11) is 1.36. The Kier molecular flexibility index (Phi) is 4.42. The molecular weight excluding hydrogens is 342 g/mol. The minimum Gasteiger partial charge on any atom is -0.465 e. The number of anilines is 4. The van der Waals surface area contributed by atoms with E-state index in [1.165, 1.54) is 12.7 Å². The Hall–Kier alpha value is -3.48. The van der Waals surface area contributed by atoms with Crippen LogP contribution < -0.4 is 10.2 Å². The van der Waals surface area contributed by atoms with Gasteiger partial charge >= 0.3 is 5.97 Å². The summed E-state index contributed by atoms with van der Waals surface area (Å²) in [6.45, 7) is 2.17. The maximum atomic E-state index is 11.5. The van der Waals surface area contributed by atoms with Gasteiger partial charge in [0.25, 0.3) is 0 Å². The average Bonchev–Trinajstić information content (AvgIpc) is 3.04. The van der Waals surface area contributed by atoms with E-state index >= 15 is 0 Å². The van der Waals surface area contributed by atoms with Crippen molar-refractivity contribution in [1.29, 1.82) is 0 Å². The number of hydrogen-bond donors (Lipinski definition) is 1. The van der Waals surface area contributed by atoms with Gasteiger partial charge in [-0.2, -0.15) is 10.1 Å². The lowest BCUT2D eigenvalue weighted by atomic mass is 10.1. The quantitative estimate of drug-likeness (QED) is 0.713. The summed E-state index contributed by atoms with van der Waals surface area (Å²) in [6, 6.07) is 15.5. The Balaban J connectivity index is 1.57. The van der Waals surface area contributed by atoms with Gasteiger partial charge in [0.1, 0.15) is 0 Å². The van der Waals surface area contributed by atoms with Crippen LogP contribution in [-0.4, -0.2) is 34.3 Å². The maximum Gasteiger partial charge on any atom is 0.337 e. The van der Waals surface area contributed by atoms with Crippen molar-refractivity contribution in [3.63, 3.8) is 0 Å². The fraction of sp³-hybridized carbons (Fsp3) is 0.200. The van der Waals surface area contributed by atoms with Crippen LogP contribution in [-0.2, 0) is 11.2 Å². The first kappa shape index (κ1) is 17.0. The molecule has 2 aromatic carbocycles. The van der Waals surface area contributed by atoms with Crippen molar-refractivity contribution >= 4 is 29.1 Å². The molecule has 0 spiro atoms. The number of nitrogens with zero attached hydrogens (tertiary/aromatic N) is 4. The standard InChI is InChI=1S/C20H19N5O2/c1-13-11-15-5-3-4-6-17(15)25(13)18-12-21-24-20(23-18)22-16-9-7-14(8-10-16)19(26)27-2/h3-10,12-13H,11H2,1-2H3,(H,22,23,24). The molecule has 1 aliphatic rings. The van der Waals surface area contributed by atoms with Gasteiger partial charge < -0.3 is 15.0 Å². The summed E-state index contributed by atoms with van der Waals surface area (Å²) in [4.78, 5) is 18.3. The molecule has 0 bridgehead atoms. The average molecular weight is 361 g/mol. The number of benzene rings is 2.